The number of benzene rings is 1. The van der Waals surface area contributed by atoms with Crippen LogP contribution in [0.1, 0.15) is 18.3 Å². The van der Waals surface area contributed by atoms with Crippen LogP contribution < -0.4 is 0 Å². The van der Waals surface area contributed by atoms with E-state index >= 15 is 0 Å². The van der Waals surface area contributed by atoms with Crippen molar-refractivity contribution in [3.8, 4) is 0 Å². The first-order valence-corrected chi connectivity index (χ1v) is 7.49. The van der Waals surface area contributed by atoms with Crippen molar-refractivity contribution in [3.05, 3.63) is 28.0 Å². The molecular weight excluding hydrogens is 305 g/mol. The summed E-state index contributed by atoms with van der Waals surface area (Å²) >= 11 is 18.2. The number of rotatable bonds is 2. The monoisotopic (exact) mass is 317 g/mol. The number of nitrogens with zero attached hydrogens (tertiary/aromatic N) is 3. The predicted molar refractivity (Wildman–Crippen MR) is 80.5 cm³/mol. The summed E-state index contributed by atoms with van der Waals surface area (Å²) in [5.41, 5.74) is 1.88. The fourth-order valence-corrected chi connectivity index (χ4v) is 3.27. The maximum Gasteiger partial charge on any atom is 0.125 e. The number of hydrogen-bond acceptors (Lipinski definition) is 2. The minimum atomic E-state index is 0.393. The van der Waals surface area contributed by atoms with Crippen LogP contribution in [0.3, 0.4) is 0 Å². The topological polar surface area (TPSA) is 21.1 Å². The summed E-state index contributed by atoms with van der Waals surface area (Å²) < 4.78 is 2.22. The second kappa shape index (κ2) is 5.13. The number of alkyl halides is 1. The lowest BCUT2D eigenvalue weighted by atomic mass is 10.2. The van der Waals surface area contributed by atoms with Crippen molar-refractivity contribution < 1.29 is 0 Å². The van der Waals surface area contributed by atoms with Crippen LogP contribution in [0.2, 0.25) is 10.0 Å². The zero-order valence-corrected chi connectivity index (χ0v) is 12.8. The molecular formula is C13H14Cl3N3. The molecule has 1 unspecified atom stereocenters. The molecule has 1 atom stereocenters. The summed E-state index contributed by atoms with van der Waals surface area (Å²) in [5.74, 6) is 1.28. The third-order valence-electron chi connectivity index (χ3n) is 3.66. The zero-order valence-electron chi connectivity index (χ0n) is 10.5. The van der Waals surface area contributed by atoms with E-state index in [9.17, 15) is 0 Å². The van der Waals surface area contributed by atoms with Gasteiger partial charge in [-0.3, -0.25) is 0 Å². The molecule has 3 rings (SSSR count). The second-order valence-electron chi connectivity index (χ2n) is 4.99. The predicted octanol–water partition coefficient (Wildman–Crippen LogP) is 3.96. The lowest BCUT2D eigenvalue weighted by molar-refractivity contribution is 0.393. The molecule has 1 aliphatic rings. The molecule has 0 N–H and O–H groups in total. The van der Waals surface area contributed by atoms with Gasteiger partial charge >= 0.3 is 0 Å². The number of imidazole rings is 1. The molecule has 1 aromatic carbocycles. The SMILES string of the molecule is CN1CCC(n2c(CCl)nc3cc(Cl)c(Cl)cc32)C1. The van der Waals surface area contributed by atoms with E-state index in [4.69, 9.17) is 34.8 Å². The van der Waals surface area contributed by atoms with Crippen molar-refractivity contribution in [1.29, 1.82) is 0 Å². The minimum Gasteiger partial charge on any atom is -0.322 e. The lowest BCUT2D eigenvalue weighted by Gasteiger charge is -2.16. The largest absolute Gasteiger partial charge is 0.322 e. The fourth-order valence-electron chi connectivity index (χ4n) is 2.76. The molecule has 0 bridgehead atoms. The second-order valence-corrected chi connectivity index (χ2v) is 6.07. The molecule has 1 aliphatic heterocycles. The van der Waals surface area contributed by atoms with E-state index in [1.165, 1.54) is 0 Å². The smallest absolute Gasteiger partial charge is 0.125 e. The average molecular weight is 319 g/mol. The molecule has 0 spiro atoms. The Hall–Kier alpha value is -0.480. The Morgan fingerprint density at radius 1 is 1.32 bits per heavy atom. The van der Waals surface area contributed by atoms with Gasteiger partial charge in [0.25, 0.3) is 0 Å². The highest BCUT2D eigenvalue weighted by Crippen LogP contribution is 2.33. The van der Waals surface area contributed by atoms with Crippen LogP contribution >= 0.6 is 34.8 Å². The number of likely N-dealkylation sites (tertiary alicyclic amines) is 1. The quantitative estimate of drug-likeness (QED) is 0.782. The Balaban J connectivity index is 2.18. The number of halogens is 3. The minimum absolute atomic E-state index is 0.393. The maximum atomic E-state index is 6.13. The van der Waals surface area contributed by atoms with E-state index in [1.807, 2.05) is 12.1 Å². The van der Waals surface area contributed by atoms with Crippen molar-refractivity contribution in [1.82, 2.24) is 14.5 Å². The van der Waals surface area contributed by atoms with Gasteiger partial charge < -0.3 is 9.47 Å². The van der Waals surface area contributed by atoms with Crippen molar-refractivity contribution in [2.75, 3.05) is 20.1 Å². The molecule has 0 saturated carbocycles. The van der Waals surface area contributed by atoms with Gasteiger partial charge in [0.15, 0.2) is 0 Å². The Bertz CT molecular complexity index is 623. The zero-order chi connectivity index (χ0) is 13.6. The molecule has 6 heteroatoms. The van der Waals surface area contributed by atoms with Gasteiger partial charge in [0.05, 0.1) is 27.0 Å². The Morgan fingerprint density at radius 2 is 2.05 bits per heavy atom. The summed E-state index contributed by atoms with van der Waals surface area (Å²) in [6.45, 7) is 2.10. The van der Waals surface area contributed by atoms with Crippen LogP contribution in [0, 0.1) is 0 Å². The van der Waals surface area contributed by atoms with Gasteiger partial charge in [-0.1, -0.05) is 23.2 Å². The Labute approximate surface area is 127 Å². The average Bonchev–Trinajstić information content (AvgIpc) is 2.93. The molecule has 0 amide bonds. The van der Waals surface area contributed by atoms with Crippen molar-refractivity contribution in [2.45, 2.75) is 18.3 Å². The summed E-state index contributed by atoms with van der Waals surface area (Å²) in [6.07, 6.45) is 1.10. The molecule has 19 heavy (non-hydrogen) atoms. The molecule has 0 aliphatic carbocycles. The molecule has 0 radical (unpaired) electrons. The molecule has 1 fully saturated rings. The normalized spacial score (nSPS) is 20.5. The van der Waals surface area contributed by atoms with Gasteiger partial charge in [-0.25, -0.2) is 4.98 Å². The van der Waals surface area contributed by atoms with Crippen LogP contribution in [0.5, 0.6) is 0 Å². The maximum absolute atomic E-state index is 6.13. The van der Waals surface area contributed by atoms with Gasteiger partial charge in [-0.15, -0.1) is 11.6 Å². The van der Waals surface area contributed by atoms with Gasteiger partial charge in [0.1, 0.15) is 5.82 Å². The summed E-state index contributed by atoms with van der Waals surface area (Å²) in [5, 5.41) is 1.09. The molecule has 3 nitrogen and oxygen atoms in total. The third kappa shape index (κ3) is 2.33. The van der Waals surface area contributed by atoms with E-state index in [0.29, 0.717) is 22.0 Å². The third-order valence-corrected chi connectivity index (χ3v) is 4.62. The molecule has 102 valence electrons. The first-order chi connectivity index (χ1) is 9.10. The summed E-state index contributed by atoms with van der Waals surface area (Å²) in [4.78, 5) is 6.88. The molecule has 1 saturated heterocycles. The van der Waals surface area contributed by atoms with E-state index in [0.717, 1.165) is 36.4 Å². The van der Waals surface area contributed by atoms with Crippen LogP contribution in [0.25, 0.3) is 11.0 Å². The van der Waals surface area contributed by atoms with Crippen LogP contribution in [0.4, 0.5) is 0 Å². The molecule has 2 aromatic rings. The highest BCUT2D eigenvalue weighted by Gasteiger charge is 2.25. The number of likely N-dealkylation sites (N-methyl/N-ethyl adjacent to an activating group) is 1. The standard InChI is InChI=1S/C13H14Cl3N3/c1-18-3-2-8(7-18)19-12-5-10(16)9(15)4-11(12)17-13(19)6-14/h4-5,8H,2-3,6-7H2,1H3. The van der Waals surface area contributed by atoms with Crippen LogP contribution in [0.15, 0.2) is 12.1 Å². The van der Waals surface area contributed by atoms with E-state index in [2.05, 4.69) is 21.5 Å². The molecule has 2 heterocycles. The first kappa shape index (κ1) is 13.5. The van der Waals surface area contributed by atoms with Gasteiger partial charge in [-0.05, 0) is 32.1 Å². The highest BCUT2D eigenvalue weighted by molar-refractivity contribution is 6.42. The number of aromatic nitrogens is 2. The van der Waals surface area contributed by atoms with Gasteiger partial charge in [0, 0.05) is 12.6 Å². The summed E-state index contributed by atoms with van der Waals surface area (Å²) in [7, 11) is 2.13. The summed E-state index contributed by atoms with van der Waals surface area (Å²) in [6, 6.07) is 4.10. The van der Waals surface area contributed by atoms with E-state index in [1.54, 1.807) is 0 Å². The Kier molecular flexibility index (Phi) is 3.65. The van der Waals surface area contributed by atoms with Gasteiger partial charge in [0.2, 0.25) is 0 Å². The number of hydrogen-bond donors (Lipinski definition) is 0. The van der Waals surface area contributed by atoms with Gasteiger partial charge in [-0.2, -0.15) is 0 Å². The van der Waals surface area contributed by atoms with E-state index in [-0.39, 0.29) is 0 Å². The lowest BCUT2D eigenvalue weighted by Crippen LogP contribution is -2.17. The highest BCUT2D eigenvalue weighted by atomic mass is 35.5. The van der Waals surface area contributed by atoms with E-state index < -0.39 is 0 Å². The van der Waals surface area contributed by atoms with Crippen LogP contribution in [-0.4, -0.2) is 34.6 Å². The number of fused-ring (bicyclic) bond motifs is 1. The van der Waals surface area contributed by atoms with Crippen LogP contribution in [-0.2, 0) is 5.88 Å². The van der Waals surface area contributed by atoms with Crippen molar-refractivity contribution in [2.24, 2.45) is 0 Å². The first-order valence-electron chi connectivity index (χ1n) is 6.20. The molecule has 1 aromatic heterocycles. The van der Waals surface area contributed by atoms with Crippen molar-refractivity contribution >= 4 is 45.8 Å². The Morgan fingerprint density at radius 3 is 2.68 bits per heavy atom. The fraction of sp³-hybridized carbons (Fsp3) is 0.462. The van der Waals surface area contributed by atoms with Crippen molar-refractivity contribution in [3.63, 3.8) is 0 Å².